The largest absolute Gasteiger partial charge is 0.352 e. The molecule has 0 radical (unpaired) electrons. The van der Waals surface area contributed by atoms with Gasteiger partial charge in [-0.15, -0.1) is 23.1 Å². The Hall–Kier alpha value is -3.80. The van der Waals surface area contributed by atoms with Crippen LogP contribution in [0.2, 0.25) is 0 Å². The van der Waals surface area contributed by atoms with E-state index >= 15 is 0 Å². The lowest BCUT2D eigenvalue weighted by molar-refractivity contribution is -0.211. The van der Waals surface area contributed by atoms with Crippen LogP contribution >= 0.6 is 23.1 Å². The van der Waals surface area contributed by atoms with Crippen LogP contribution in [0.25, 0.3) is 26.8 Å². The van der Waals surface area contributed by atoms with Crippen molar-refractivity contribution in [1.82, 2.24) is 0 Å². The summed E-state index contributed by atoms with van der Waals surface area (Å²) in [4.78, 5) is 22.4. The molecule has 5 aromatic rings. The molecule has 1 heterocycles. The number of carbonyl (C=O) groups is 1. The van der Waals surface area contributed by atoms with Crippen LogP contribution in [0.1, 0.15) is 36.1 Å². The predicted octanol–water partition coefficient (Wildman–Crippen LogP) is 9.52. The summed E-state index contributed by atoms with van der Waals surface area (Å²) in [6, 6.07) is 31.9. The zero-order valence-electron chi connectivity index (χ0n) is 22.3. The van der Waals surface area contributed by atoms with E-state index in [-0.39, 0.29) is 0 Å². The highest BCUT2D eigenvalue weighted by molar-refractivity contribution is 7.99. The van der Waals surface area contributed by atoms with Crippen molar-refractivity contribution in [2.45, 2.75) is 32.1 Å². The van der Waals surface area contributed by atoms with Gasteiger partial charge < -0.3 is 0 Å². The second-order valence-electron chi connectivity index (χ2n) is 9.19. The van der Waals surface area contributed by atoms with E-state index in [0.29, 0.717) is 5.75 Å². The summed E-state index contributed by atoms with van der Waals surface area (Å²) in [6.45, 7) is 5.47. The fourth-order valence-electron chi connectivity index (χ4n) is 4.74. The van der Waals surface area contributed by atoms with E-state index in [1.807, 2.05) is 30.8 Å². The molecule has 3 nitrogen and oxygen atoms in total. The molecular weight excluding hydrogens is 521 g/mol. The smallest absolute Gasteiger partial charge is 0.287 e. The first-order chi connectivity index (χ1) is 19.0. The molecular formula is C34H30O3S2. The highest BCUT2D eigenvalue weighted by Gasteiger charge is 2.14. The Labute approximate surface area is 238 Å². The fraction of sp³-hybridized carbons (Fsp3) is 0.147. The summed E-state index contributed by atoms with van der Waals surface area (Å²) >= 11 is 3.59. The molecule has 0 fully saturated rings. The number of carbonyl (C=O) groups excluding carboxylic acids is 1. The fourth-order valence-corrected chi connectivity index (χ4v) is 6.76. The molecule has 4 aromatic carbocycles. The van der Waals surface area contributed by atoms with Gasteiger partial charge in [0, 0.05) is 38.8 Å². The molecule has 0 saturated heterocycles. The summed E-state index contributed by atoms with van der Waals surface area (Å²) in [5, 5.41) is 3.55. The molecule has 0 aliphatic carbocycles. The zero-order valence-corrected chi connectivity index (χ0v) is 23.9. The van der Waals surface area contributed by atoms with Crippen molar-refractivity contribution in [2.75, 3.05) is 5.75 Å². The third-order valence-electron chi connectivity index (χ3n) is 6.71. The van der Waals surface area contributed by atoms with E-state index in [1.165, 1.54) is 55.3 Å². The van der Waals surface area contributed by atoms with Gasteiger partial charge in [-0.2, -0.15) is 0 Å². The lowest BCUT2D eigenvalue weighted by Gasteiger charge is -2.14. The maximum atomic E-state index is 11.2. The van der Waals surface area contributed by atoms with E-state index < -0.39 is 5.97 Å². The summed E-state index contributed by atoms with van der Waals surface area (Å²) in [7, 11) is 0. The third kappa shape index (κ3) is 6.11. The predicted molar refractivity (Wildman–Crippen MR) is 164 cm³/mol. The van der Waals surface area contributed by atoms with Gasteiger partial charge in [0.2, 0.25) is 0 Å². The molecule has 1 aromatic heterocycles. The van der Waals surface area contributed by atoms with Gasteiger partial charge in [0.15, 0.2) is 5.75 Å². The van der Waals surface area contributed by atoms with Crippen LogP contribution < -0.4 is 4.89 Å². The van der Waals surface area contributed by atoms with Crippen LogP contribution in [-0.2, 0) is 16.1 Å². The van der Waals surface area contributed by atoms with Crippen molar-refractivity contribution in [2.24, 2.45) is 0 Å². The van der Waals surface area contributed by atoms with Crippen molar-refractivity contribution in [3.8, 4) is 16.9 Å². The van der Waals surface area contributed by atoms with Crippen LogP contribution in [0.3, 0.4) is 0 Å². The maximum absolute atomic E-state index is 11.2. The minimum atomic E-state index is -0.471. The number of hydrogen-bond donors (Lipinski definition) is 0. The third-order valence-corrected chi connectivity index (χ3v) is 8.70. The molecule has 5 rings (SSSR count). The Morgan fingerprint density at radius 2 is 1.62 bits per heavy atom. The molecule has 0 bridgehead atoms. The Morgan fingerprint density at radius 1 is 0.897 bits per heavy atom. The van der Waals surface area contributed by atoms with Gasteiger partial charge in [-0.1, -0.05) is 85.8 Å². The first-order valence-corrected chi connectivity index (χ1v) is 14.8. The number of thioether (sulfide) groups is 1. The molecule has 0 aliphatic heterocycles. The quantitative estimate of drug-likeness (QED) is 0.104. The first kappa shape index (κ1) is 26.8. The first-order valence-electron chi connectivity index (χ1n) is 13.0. The van der Waals surface area contributed by atoms with Crippen LogP contribution in [-0.4, -0.2) is 11.7 Å². The van der Waals surface area contributed by atoms with Crippen molar-refractivity contribution in [3.63, 3.8) is 0 Å². The molecule has 5 heteroatoms. The van der Waals surface area contributed by atoms with E-state index in [0.717, 1.165) is 17.7 Å². The molecule has 0 saturated carbocycles. The van der Waals surface area contributed by atoms with Gasteiger partial charge in [-0.05, 0) is 64.8 Å². The van der Waals surface area contributed by atoms with E-state index in [9.17, 15) is 4.79 Å². The highest BCUT2D eigenvalue weighted by atomic mass is 32.2. The summed E-state index contributed by atoms with van der Waals surface area (Å²) in [5.74, 6) is 0.920. The number of fused-ring (bicyclic) bond motifs is 1. The van der Waals surface area contributed by atoms with Gasteiger partial charge in [0.1, 0.15) is 0 Å². The molecule has 0 unspecified atom stereocenters. The highest BCUT2D eigenvalue weighted by Crippen LogP contribution is 2.37. The van der Waals surface area contributed by atoms with Gasteiger partial charge in [-0.3, -0.25) is 9.78 Å². The van der Waals surface area contributed by atoms with E-state index in [2.05, 4.69) is 97.2 Å². The Kier molecular flexibility index (Phi) is 8.50. The van der Waals surface area contributed by atoms with Crippen LogP contribution in [0.4, 0.5) is 0 Å². The number of benzene rings is 4. The lowest BCUT2D eigenvalue weighted by atomic mass is 9.95. The van der Waals surface area contributed by atoms with Gasteiger partial charge in [-0.25, -0.2) is 4.79 Å². The van der Waals surface area contributed by atoms with Crippen molar-refractivity contribution < 1.29 is 14.6 Å². The standard InChI is InChI=1S/C34H30O3S2/c1-4-28-23(2)32(37-36-24(3)35)18-19-34(28)38-21-20-29(31-22-39-33-13-9-8-12-30(31)33)27-16-14-26(15-17-27)25-10-6-5-7-11-25/h5-20,22H,4,21H2,1-3H3/b29-20-. The zero-order chi connectivity index (χ0) is 27.2. The second kappa shape index (κ2) is 12.4. The maximum Gasteiger partial charge on any atom is 0.352 e. The van der Waals surface area contributed by atoms with Crippen molar-refractivity contribution >= 4 is 44.7 Å². The molecule has 196 valence electrons. The number of rotatable bonds is 9. The number of thiophene rings is 1. The lowest BCUT2D eigenvalue weighted by Crippen LogP contribution is -2.05. The van der Waals surface area contributed by atoms with E-state index in [4.69, 9.17) is 9.78 Å². The molecule has 0 amide bonds. The van der Waals surface area contributed by atoms with Crippen LogP contribution in [0.15, 0.2) is 107 Å². The second-order valence-corrected chi connectivity index (χ2v) is 11.2. The molecule has 0 spiro atoms. The van der Waals surface area contributed by atoms with Gasteiger partial charge >= 0.3 is 5.97 Å². The van der Waals surface area contributed by atoms with Crippen molar-refractivity contribution in [3.05, 3.63) is 125 Å². The molecule has 0 aliphatic rings. The summed E-state index contributed by atoms with van der Waals surface area (Å²) in [6.07, 6.45) is 3.20. The Morgan fingerprint density at radius 3 is 2.36 bits per heavy atom. The van der Waals surface area contributed by atoms with Crippen molar-refractivity contribution in [1.29, 1.82) is 0 Å². The van der Waals surface area contributed by atoms with Gasteiger partial charge in [0.25, 0.3) is 0 Å². The average Bonchev–Trinajstić information content (AvgIpc) is 3.39. The normalized spacial score (nSPS) is 11.5. The minimum Gasteiger partial charge on any atom is -0.287 e. The van der Waals surface area contributed by atoms with Crippen LogP contribution in [0, 0.1) is 6.92 Å². The monoisotopic (exact) mass is 550 g/mol. The summed E-state index contributed by atoms with van der Waals surface area (Å²) < 4.78 is 1.29. The van der Waals surface area contributed by atoms with E-state index in [1.54, 1.807) is 11.3 Å². The molecule has 39 heavy (non-hydrogen) atoms. The van der Waals surface area contributed by atoms with Gasteiger partial charge in [0.05, 0.1) is 0 Å². The molecule has 0 N–H and O–H groups in total. The topological polar surface area (TPSA) is 35.5 Å². The minimum absolute atomic E-state index is 0.471. The number of hydrogen-bond acceptors (Lipinski definition) is 5. The Bertz CT molecular complexity index is 1620. The van der Waals surface area contributed by atoms with Crippen LogP contribution in [0.5, 0.6) is 5.75 Å². The summed E-state index contributed by atoms with van der Waals surface area (Å²) in [5.41, 5.74) is 8.33. The Balaban J connectivity index is 1.46. The molecule has 0 atom stereocenters. The average molecular weight is 551 g/mol. The SMILES string of the molecule is CCc1c(SC/C=C(/c2ccc(-c3ccccc3)cc2)c2csc3ccccc23)ccc(OOC(C)=O)c1C.